The highest BCUT2D eigenvalue weighted by Crippen LogP contribution is 2.45. The topological polar surface area (TPSA) is 54.5 Å². The third kappa shape index (κ3) is 5.08. The lowest BCUT2D eigenvalue weighted by molar-refractivity contribution is 0.411. The van der Waals surface area contributed by atoms with Gasteiger partial charge in [0.25, 0.3) is 0 Å². The number of aliphatic imine (C=N–C) groups is 1. The minimum atomic E-state index is -0.199. The molecule has 0 saturated heterocycles. The summed E-state index contributed by atoms with van der Waals surface area (Å²) < 4.78 is 11.6. The van der Waals surface area contributed by atoms with E-state index in [1.54, 1.807) is 0 Å². The Balaban J connectivity index is 0.989. The number of rotatable bonds is 5. The molecule has 0 saturated carbocycles. The molecule has 0 amide bonds. The van der Waals surface area contributed by atoms with E-state index in [9.17, 15) is 0 Å². The Morgan fingerprint density at radius 2 is 1.25 bits per heavy atom. The van der Waals surface area contributed by atoms with Crippen molar-refractivity contribution in [2.75, 3.05) is 0 Å². The van der Waals surface area contributed by atoms with Crippen molar-refractivity contribution in [1.29, 1.82) is 0 Å². The zero-order valence-corrected chi connectivity index (χ0v) is 31.5. The second-order valence-corrected chi connectivity index (χ2v) is 15.8. The summed E-state index contributed by atoms with van der Waals surface area (Å²) in [6.45, 7) is 0. The number of nitrogens with zero attached hydrogens (tertiary/aromatic N) is 2. The lowest BCUT2D eigenvalue weighted by Crippen LogP contribution is -2.45. The van der Waals surface area contributed by atoms with Gasteiger partial charge in [-0.25, -0.2) is 4.99 Å². The Hall–Kier alpha value is -6.99. The van der Waals surface area contributed by atoms with Crippen molar-refractivity contribution in [2.45, 2.75) is 12.3 Å². The Bertz CT molecular complexity index is 3320. The lowest BCUT2D eigenvalue weighted by atomic mass is 9.98. The van der Waals surface area contributed by atoms with Crippen LogP contribution in [-0.2, 0) is 0 Å². The van der Waals surface area contributed by atoms with E-state index in [0.29, 0.717) is 0 Å². The molecule has 57 heavy (non-hydrogen) atoms. The zero-order chi connectivity index (χ0) is 37.5. The molecule has 0 aliphatic carbocycles. The smallest absolute Gasteiger partial charge is 0.159 e. The van der Waals surface area contributed by atoms with Gasteiger partial charge >= 0.3 is 0 Å². The van der Waals surface area contributed by atoms with Gasteiger partial charge in [0.2, 0.25) is 0 Å². The molecule has 3 aromatic heterocycles. The second-order valence-electron chi connectivity index (χ2n) is 14.7. The maximum Gasteiger partial charge on any atom is 0.159 e. The molecule has 8 aromatic carbocycles. The maximum absolute atomic E-state index is 6.75. The molecule has 0 bridgehead atoms. The molecular formula is C51H34N4OS. The number of para-hydroxylation sites is 3. The molecule has 2 atom stereocenters. The summed E-state index contributed by atoms with van der Waals surface area (Å²) in [4.78, 5) is 5.16. The average molecular weight is 751 g/mol. The highest BCUT2D eigenvalue weighted by molar-refractivity contribution is 7.26. The normalized spacial score (nSPS) is 15.9. The van der Waals surface area contributed by atoms with Crippen LogP contribution in [0, 0.1) is 0 Å². The van der Waals surface area contributed by atoms with Gasteiger partial charge in [0, 0.05) is 47.3 Å². The molecule has 6 heteroatoms. The molecule has 270 valence electrons. The lowest BCUT2D eigenvalue weighted by Gasteiger charge is -2.32. The van der Waals surface area contributed by atoms with Gasteiger partial charge in [-0.15, -0.1) is 11.3 Å². The van der Waals surface area contributed by atoms with Crippen molar-refractivity contribution < 1.29 is 4.42 Å². The standard InChI is InChI=1S/C51H34N4OS/c1-3-14-31(15-4-1)49-52-50(32-16-5-2-6-17-32)54-51(53-49)39-23-13-27-45-46(39)38-22-11-20-34(48(38)57-45)33-28-29-44-40(30-33)37-21-12-26-43(47(37)56-44)55-41-24-9-7-18-35(41)36-19-8-10-25-42(36)55/h1-30,49,51,53H,(H,52,54). The average Bonchev–Trinajstić information content (AvgIpc) is 3.96. The van der Waals surface area contributed by atoms with Gasteiger partial charge in [0.1, 0.15) is 23.8 Å². The summed E-state index contributed by atoms with van der Waals surface area (Å²) in [5.74, 6) is 0.882. The van der Waals surface area contributed by atoms with E-state index < -0.39 is 0 Å². The number of hydrogen-bond acceptors (Lipinski definition) is 5. The number of nitrogens with one attached hydrogen (secondary N) is 2. The fraction of sp³-hybridized carbons (Fsp3) is 0.0392. The Morgan fingerprint density at radius 1 is 0.561 bits per heavy atom. The molecule has 0 radical (unpaired) electrons. The Morgan fingerprint density at radius 3 is 2.05 bits per heavy atom. The summed E-state index contributed by atoms with van der Waals surface area (Å²) in [5.41, 5.74) is 10.9. The minimum absolute atomic E-state index is 0.162. The Labute approximate surface area is 332 Å². The van der Waals surface area contributed by atoms with Crippen molar-refractivity contribution in [3.05, 3.63) is 199 Å². The largest absolute Gasteiger partial charge is 0.454 e. The number of hydrogen-bond donors (Lipinski definition) is 2. The van der Waals surface area contributed by atoms with Crippen LogP contribution in [0.2, 0.25) is 0 Å². The zero-order valence-electron chi connectivity index (χ0n) is 30.7. The quantitative estimate of drug-likeness (QED) is 0.184. The first-order chi connectivity index (χ1) is 28.3. The number of aromatic nitrogens is 1. The van der Waals surface area contributed by atoms with Gasteiger partial charge in [-0.2, -0.15) is 0 Å². The molecule has 12 rings (SSSR count). The molecule has 0 spiro atoms. The first-order valence-corrected chi connectivity index (χ1v) is 20.2. The molecule has 1 aliphatic heterocycles. The van der Waals surface area contributed by atoms with Crippen molar-refractivity contribution in [1.82, 2.24) is 15.2 Å². The van der Waals surface area contributed by atoms with Gasteiger partial charge in [0.05, 0.1) is 16.7 Å². The van der Waals surface area contributed by atoms with Crippen LogP contribution in [0.5, 0.6) is 0 Å². The molecule has 2 N–H and O–H groups in total. The van der Waals surface area contributed by atoms with Gasteiger partial charge in [-0.3, -0.25) is 5.32 Å². The third-order valence-corrected chi connectivity index (χ3v) is 12.7. The van der Waals surface area contributed by atoms with Crippen molar-refractivity contribution in [3.8, 4) is 16.8 Å². The fourth-order valence-corrected chi connectivity index (χ4v) is 10.2. The van der Waals surface area contributed by atoms with Crippen LogP contribution >= 0.6 is 11.3 Å². The summed E-state index contributed by atoms with van der Waals surface area (Å²) in [7, 11) is 0. The molecule has 11 aromatic rings. The number of fused-ring (bicyclic) bond motifs is 9. The van der Waals surface area contributed by atoms with Crippen LogP contribution in [-0.4, -0.2) is 10.4 Å². The Kier molecular flexibility index (Phi) is 7.24. The van der Waals surface area contributed by atoms with E-state index in [2.05, 4.69) is 191 Å². The van der Waals surface area contributed by atoms with Gasteiger partial charge < -0.3 is 14.3 Å². The van der Waals surface area contributed by atoms with Gasteiger partial charge in [-0.1, -0.05) is 146 Å². The van der Waals surface area contributed by atoms with Crippen LogP contribution in [0.25, 0.3) is 80.7 Å². The summed E-state index contributed by atoms with van der Waals surface area (Å²) in [6, 6.07) is 64.8. The van der Waals surface area contributed by atoms with E-state index in [1.165, 1.54) is 58.7 Å². The van der Waals surface area contributed by atoms with E-state index in [-0.39, 0.29) is 12.3 Å². The first kappa shape index (κ1) is 32.3. The number of amidine groups is 1. The van der Waals surface area contributed by atoms with Crippen molar-refractivity contribution >= 4 is 81.1 Å². The van der Waals surface area contributed by atoms with Gasteiger partial charge in [-0.05, 0) is 58.7 Å². The van der Waals surface area contributed by atoms with Gasteiger partial charge in [0.15, 0.2) is 5.58 Å². The number of thiophene rings is 1. The molecule has 5 nitrogen and oxygen atoms in total. The monoisotopic (exact) mass is 750 g/mol. The van der Waals surface area contributed by atoms with E-state index in [0.717, 1.165) is 44.6 Å². The van der Waals surface area contributed by atoms with Crippen LogP contribution in [0.4, 0.5) is 0 Å². The second kappa shape index (κ2) is 12.8. The highest BCUT2D eigenvalue weighted by Gasteiger charge is 2.28. The summed E-state index contributed by atoms with van der Waals surface area (Å²) >= 11 is 1.86. The predicted octanol–water partition coefficient (Wildman–Crippen LogP) is 13.1. The molecule has 1 aliphatic rings. The van der Waals surface area contributed by atoms with Crippen LogP contribution < -0.4 is 10.6 Å². The molecule has 2 unspecified atom stereocenters. The minimum Gasteiger partial charge on any atom is -0.454 e. The summed E-state index contributed by atoms with van der Waals surface area (Å²) in [5, 5.41) is 14.8. The molecule has 0 fully saturated rings. The van der Waals surface area contributed by atoms with E-state index in [1.807, 2.05) is 17.4 Å². The van der Waals surface area contributed by atoms with Crippen LogP contribution in [0.3, 0.4) is 0 Å². The fourth-order valence-electron chi connectivity index (χ4n) is 8.92. The highest BCUT2D eigenvalue weighted by atomic mass is 32.1. The third-order valence-electron chi connectivity index (χ3n) is 11.5. The van der Waals surface area contributed by atoms with Crippen LogP contribution in [0.1, 0.15) is 29.0 Å². The molecule has 4 heterocycles. The van der Waals surface area contributed by atoms with E-state index in [4.69, 9.17) is 9.41 Å². The number of furan rings is 1. The predicted molar refractivity (Wildman–Crippen MR) is 238 cm³/mol. The summed E-state index contributed by atoms with van der Waals surface area (Å²) in [6.07, 6.45) is -0.360. The first-order valence-electron chi connectivity index (χ1n) is 19.4. The SMILES string of the molecule is c1ccc(C2=NC(c3ccccc3)NC(c3cccc4sc5c(-c6ccc7oc8c(-n9c%10ccccc%10c%10ccccc%109)cccc8c7c6)cccc5c34)N2)cc1. The molecular weight excluding hydrogens is 717 g/mol. The van der Waals surface area contributed by atoms with Crippen LogP contribution in [0.15, 0.2) is 191 Å². The maximum atomic E-state index is 6.75. The van der Waals surface area contributed by atoms with Crippen molar-refractivity contribution in [2.24, 2.45) is 4.99 Å². The number of benzene rings is 8. The van der Waals surface area contributed by atoms with E-state index >= 15 is 0 Å². The van der Waals surface area contributed by atoms with Crippen molar-refractivity contribution in [3.63, 3.8) is 0 Å².